The summed E-state index contributed by atoms with van der Waals surface area (Å²) in [5.41, 5.74) is 5.95. The lowest BCUT2D eigenvalue weighted by atomic mass is 10.1. The molecule has 1 aromatic carbocycles. The Morgan fingerprint density at radius 3 is 2.68 bits per heavy atom. The van der Waals surface area contributed by atoms with E-state index in [4.69, 9.17) is 16.9 Å². The summed E-state index contributed by atoms with van der Waals surface area (Å²) < 4.78 is 5.25. The number of ether oxygens (including phenoxy) is 1. The van der Waals surface area contributed by atoms with Gasteiger partial charge in [0.2, 0.25) is 11.8 Å². The van der Waals surface area contributed by atoms with Gasteiger partial charge in [0.25, 0.3) is 0 Å². The molecular weight excluding hydrogens is 244 g/mol. The smallest absolute Gasteiger partial charge is 0.227 e. The standard InChI is InChI=1S/C14H14N2O3/c1-2-7-19-12-5-3-11(4-6-12)16-9-10(14(15)18)8-13(16)17/h1,3-6,10H,7-9H2,(H2,15,18). The number of carbonyl (C=O) groups excluding carboxylic acids is 2. The monoisotopic (exact) mass is 258 g/mol. The van der Waals surface area contributed by atoms with Crippen LogP contribution in [0.15, 0.2) is 24.3 Å². The molecule has 2 amide bonds. The van der Waals surface area contributed by atoms with Gasteiger partial charge in [0, 0.05) is 18.7 Å². The first-order valence-electron chi connectivity index (χ1n) is 5.88. The fourth-order valence-electron chi connectivity index (χ4n) is 2.00. The molecule has 1 saturated heterocycles. The quantitative estimate of drug-likeness (QED) is 0.801. The third kappa shape index (κ3) is 2.86. The summed E-state index contributed by atoms with van der Waals surface area (Å²) in [7, 11) is 0. The second-order valence-electron chi connectivity index (χ2n) is 4.29. The van der Waals surface area contributed by atoms with Crippen molar-refractivity contribution >= 4 is 17.5 Å². The molecule has 5 nitrogen and oxygen atoms in total. The number of hydrogen-bond donors (Lipinski definition) is 1. The molecule has 2 N–H and O–H groups in total. The van der Waals surface area contributed by atoms with E-state index in [-0.39, 0.29) is 18.9 Å². The van der Waals surface area contributed by atoms with Gasteiger partial charge in [0.15, 0.2) is 0 Å². The van der Waals surface area contributed by atoms with Crippen LogP contribution in [-0.2, 0) is 9.59 Å². The Labute approximate surface area is 111 Å². The zero-order valence-corrected chi connectivity index (χ0v) is 10.3. The molecule has 1 aromatic rings. The molecule has 2 rings (SSSR count). The Kier molecular flexibility index (Phi) is 3.71. The van der Waals surface area contributed by atoms with Crippen LogP contribution in [0.2, 0.25) is 0 Å². The minimum absolute atomic E-state index is 0.0962. The van der Waals surface area contributed by atoms with Gasteiger partial charge in [-0.15, -0.1) is 6.42 Å². The number of hydrogen-bond acceptors (Lipinski definition) is 3. The van der Waals surface area contributed by atoms with E-state index in [1.54, 1.807) is 29.2 Å². The summed E-state index contributed by atoms with van der Waals surface area (Å²) in [6.07, 6.45) is 5.27. The van der Waals surface area contributed by atoms with Crippen molar-refractivity contribution in [2.75, 3.05) is 18.1 Å². The molecule has 1 heterocycles. The van der Waals surface area contributed by atoms with E-state index in [0.717, 1.165) is 5.69 Å². The van der Waals surface area contributed by atoms with E-state index in [9.17, 15) is 9.59 Å². The summed E-state index contributed by atoms with van der Waals surface area (Å²) >= 11 is 0. The molecule has 0 bridgehead atoms. The lowest BCUT2D eigenvalue weighted by Gasteiger charge is -2.16. The molecule has 19 heavy (non-hydrogen) atoms. The zero-order chi connectivity index (χ0) is 13.8. The Balaban J connectivity index is 2.08. The lowest BCUT2D eigenvalue weighted by Crippen LogP contribution is -2.28. The van der Waals surface area contributed by atoms with Crippen molar-refractivity contribution in [1.82, 2.24) is 0 Å². The zero-order valence-electron chi connectivity index (χ0n) is 10.3. The SMILES string of the molecule is C#CCOc1ccc(N2CC(C(N)=O)CC2=O)cc1. The van der Waals surface area contributed by atoms with Gasteiger partial charge in [-0.25, -0.2) is 0 Å². The first kappa shape index (κ1) is 13.0. The van der Waals surface area contributed by atoms with Crippen LogP contribution in [0, 0.1) is 18.3 Å². The van der Waals surface area contributed by atoms with Crippen molar-refractivity contribution in [3.63, 3.8) is 0 Å². The summed E-state index contributed by atoms with van der Waals surface area (Å²) in [5.74, 6) is 2.06. The highest BCUT2D eigenvalue weighted by atomic mass is 16.5. The molecule has 1 aliphatic rings. The van der Waals surface area contributed by atoms with Gasteiger partial charge in [-0.05, 0) is 24.3 Å². The molecule has 0 spiro atoms. The topological polar surface area (TPSA) is 72.6 Å². The molecule has 1 fully saturated rings. The largest absolute Gasteiger partial charge is 0.481 e. The number of benzene rings is 1. The van der Waals surface area contributed by atoms with Gasteiger partial charge >= 0.3 is 0 Å². The van der Waals surface area contributed by atoms with Gasteiger partial charge in [0.1, 0.15) is 12.4 Å². The first-order valence-corrected chi connectivity index (χ1v) is 5.88. The molecular formula is C14H14N2O3. The molecule has 0 radical (unpaired) electrons. The van der Waals surface area contributed by atoms with E-state index in [1.165, 1.54) is 0 Å². The third-order valence-corrected chi connectivity index (χ3v) is 3.00. The number of rotatable bonds is 4. The van der Waals surface area contributed by atoms with Crippen molar-refractivity contribution in [2.24, 2.45) is 11.7 Å². The van der Waals surface area contributed by atoms with Gasteiger partial charge in [-0.3, -0.25) is 9.59 Å². The van der Waals surface area contributed by atoms with Crippen LogP contribution in [0.25, 0.3) is 0 Å². The number of terminal acetylenes is 1. The number of carbonyl (C=O) groups is 2. The highest BCUT2D eigenvalue weighted by Gasteiger charge is 2.33. The van der Waals surface area contributed by atoms with Crippen LogP contribution in [0.3, 0.4) is 0 Å². The van der Waals surface area contributed by atoms with Gasteiger partial charge in [-0.2, -0.15) is 0 Å². The Morgan fingerprint density at radius 1 is 1.47 bits per heavy atom. The Hall–Kier alpha value is -2.48. The van der Waals surface area contributed by atoms with Crippen LogP contribution in [-0.4, -0.2) is 25.0 Å². The molecule has 98 valence electrons. The van der Waals surface area contributed by atoms with E-state index in [1.807, 2.05) is 0 Å². The predicted octanol–water partition coefficient (Wildman–Crippen LogP) is 0.537. The van der Waals surface area contributed by atoms with E-state index >= 15 is 0 Å². The predicted molar refractivity (Wildman–Crippen MR) is 70.4 cm³/mol. The maximum Gasteiger partial charge on any atom is 0.227 e. The fraction of sp³-hybridized carbons (Fsp3) is 0.286. The second-order valence-corrected chi connectivity index (χ2v) is 4.29. The summed E-state index contributed by atoms with van der Waals surface area (Å²) in [5, 5.41) is 0. The minimum atomic E-state index is -0.440. The first-order chi connectivity index (χ1) is 9.11. The second kappa shape index (κ2) is 5.44. The van der Waals surface area contributed by atoms with E-state index in [0.29, 0.717) is 12.3 Å². The molecule has 0 aliphatic carbocycles. The highest BCUT2D eigenvalue weighted by Crippen LogP contribution is 2.26. The van der Waals surface area contributed by atoms with Gasteiger partial charge in [0.05, 0.1) is 5.92 Å². The highest BCUT2D eigenvalue weighted by molar-refractivity contribution is 6.00. The van der Waals surface area contributed by atoms with Crippen molar-refractivity contribution in [2.45, 2.75) is 6.42 Å². The average Bonchev–Trinajstić information content (AvgIpc) is 2.79. The van der Waals surface area contributed by atoms with Crippen LogP contribution in [0.4, 0.5) is 5.69 Å². The fourth-order valence-corrected chi connectivity index (χ4v) is 2.00. The number of nitrogens with zero attached hydrogens (tertiary/aromatic N) is 1. The van der Waals surface area contributed by atoms with Crippen molar-refractivity contribution in [1.29, 1.82) is 0 Å². The average molecular weight is 258 g/mol. The third-order valence-electron chi connectivity index (χ3n) is 3.00. The van der Waals surface area contributed by atoms with Crippen molar-refractivity contribution in [3.8, 4) is 18.1 Å². The van der Waals surface area contributed by atoms with Crippen molar-refractivity contribution < 1.29 is 14.3 Å². The van der Waals surface area contributed by atoms with E-state index in [2.05, 4.69) is 5.92 Å². The number of nitrogens with two attached hydrogens (primary N) is 1. The number of amides is 2. The number of anilines is 1. The maximum atomic E-state index is 11.8. The molecule has 5 heteroatoms. The molecule has 1 atom stereocenters. The molecule has 0 saturated carbocycles. The van der Waals surface area contributed by atoms with Crippen LogP contribution < -0.4 is 15.4 Å². The summed E-state index contributed by atoms with van der Waals surface area (Å²) in [4.78, 5) is 24.5. The Bertz CT molecular complexity index is 531. The minimum Gasteiger partial charge on any atom is -0.481 e. The maximum absolute atomic E-state index is 11.8. The van der Waals surface area contributed by atoms with Gasteiger partial charge < -0.3 is 15.4 Å². The summed E-state index contributed by atoms with van der Waals surface area (Å²) in [6.45, 7) is 0.532. The molecule has 1 unspecified atom stereocenters. The Morgan fingerprint density at radius 2 is 2.16 bits per heavy atom. The normalized spacial score (nSPS) is 18.2. The number of primary amides is 1. The van der Waals surface area contributed by atoms with Gasteiger partial charge in [-0.1, -0.05) is 5.92 Å². The molecule has 1 aliphatic heterocycles. The van der Waals surface area contributed by atoms with Crippen LogP contribution in [0.1, 0.15) is 6.42 Å². The molecule has 0 aromatic heterocycles. The lowest BCUT2D eigenvalue weighted by molar-refractivity contribution is -0.123. The van der Waals surface area contributed by atoms with Crippen LogP contribution in [0.5, 0.6) is 5.75 Å². The van der Waals surface area contributed by atoms with Crippen molar-refractivity contribution in [3.05, 3.63) is 24.3 Å². The summed E-state index contributed by atoms with van der Waals surface area (Å²) in [6, 6.07) is 6.98. The van der Waals surface area contributed by atoms with Crippen LogP contribution >= 0.6 is 0 Å². The van der Waals surface area contributed by atoms with E-state index < -0.39 is 11.8 Å².